The summed E-state index contributed by atoms with van der Waals surface area (Å²) in [5.74, 6) is 0.535. The third-order valence-electron chi connectivity index (χ3n) is 4.54. The smallest absolute Gasteiger partial charge is 0.264 e. The maximum Gasteiger partial charge on any atom is 0.264 e. The van der Waals surface area contributed by atoms with Crippen LogP contribution in [0, 0.1) is 5.92 Å². The van der Waals surface area contributed by atoms with E-state index in [1.54, 1.807) is 11.7 Å². The predicted molar refractivity (Wildman–Crippen MR) is 95.2 cm³/mol. The largest absolute Gasteiger partial charge is 0.486 e. The molecule has 10 heteroatoms. The first-order valence-electron chi connectivity index (χ1n) is 8.64. The van der Waals surface area contributed by atoms with Gasteiger partial charge >= 0.3 is 0 Å². The highest BCUT2D eigenvalue weighted by Crippen LogP contribution is 2.24. The molecule has 0 radical (unpaired) electrons. The number of carbonyl (C=O) groups excluding carboxylic acids is 1. The van der Waals surface area contributed by atoms with Gasteiger partial charge in [-0.15, -0.1) is 0 Å². The number of amides is 1. The number of ether oxygens (including phenoxy) is 2. The molecule has 1 aliphatic rings. The summed E-state index contributed by atoms with van der Waals surface area (Å²) in [7, 11) is -2.22. The normalized spacial score (nSPS) is 19.8. The Kier molecular flexibility index (Phi) is 5.76. The molecular weight excluding hydrogens is 372 g/mol. The van der Waals surface area contributed by atoms with Crippen molar-refractivity contribution in [3.8, 4) is 5.75 Å². The van der Waals surface area contributed by atoms with Gasteiger partial charge in [-0.05, 0) is 36.6 Å². The number of benzene rings is 1. The first-order valence-corrected chi connectivity index (χ1v) is 10.1. The Hall–Kier alpha value is -2.46. The summed E-state index contributed by atoms with van der Waals surface area (Å²) in [6.45, 7) is 2.62. The fourth-order valence-corrected chi connectivity index (χ4v) is 3.90. The second kappa shape index (κ2) is 8.05. The molecule has 1 N–H and O–H groups in total. The van der Waals surface area contributed by atoms with Crippen LogP contribution in [-0.2, 0) is 33.2 Å². The van der Waals surface area contributed by atoms with Gasteiger partial charge in [0.2, 0.25) is 0 Å². The Morgan fingerprint density at radius 2 is 2.11 bits per heavy atom. The zero-order valence-electron chi connectivity index (χ0n) is 15.2. The molecule has 0 aliphatic carbocycles. The molecule has 27 heavy (non-hydrogen) atoms. The molecular formula is C17H22N4O5S. The Balaban J connectivity index is 1.63. The van der Waals surface area contributed by atoms with Gasteiger partial charge in [0.1, 0.15) is 24.8 Å². The molecule has 0 saturated carbocycles. The van der Waals surface area contributed by atoms with Gasteiger partial charge in [0.05, 0.1) is 4.90 Å². The minimum absolute atomic E-state index is 0.0205. The number of aryl methyl sites for hydroxylation is 1. The van der Waals surface area contributed by atoms with Crippen molar-refractivity contribution in [1.29, 1.82) is 0 Å². The van der Waals surface area contributed by atoms with E-state index < -0.39 is 22.0 Å². The molecule has 1 fully saturated rings. The van der Waals surface area contributed by atoms with Crippen molar-refractivity contribution >= 4 is 15.9 Å². The summed E-state index contributed by atoms with van der Waals surface area (Å²) in [4.78, 5) is 16.3. The van der Waals surface area contributed by atoms with Crippen LogP contribution in [0.2, 0.25) is 0 Å². The highest BCUT2D eigenvalue weighted by molar-refractivity contribution is 7.90. The van der Waals surface area contributed by atoms with Crippen LogP contribution in [0.3, 0.4) is 0 Å². The number of hydrogen-bond donors (Lipinski definition) is 1. The lowest BCUT2D eigenvalue weighted by molar-refractivity contribution is -0.129. The predicted octanol–water partition coefficient (Wildman–Crippen LogP) is 1.01. The van der Waals surface area contributed by atoms with Crippen LogP contribution >= 0.6 is 0 Å². The van der Waals surface area contributed by atoms with E-state index in [4.69, 9.17) is 9.47 Å². The summed E-state index contributed by atoms with van der Waals surface area (Å²) < 4.78 is 39.5. The topological polar surface area (TPSA) is 112 Å². The molecule has 2 aromatic rings. The molecule has 0 spiro atoms. The molecule has 2 heterocycles. The number of hydrogen-bond acceptors (Lipinski definition) is 7. The third-order valence-corrected chi connectivity index (χ3v) is 5.90. The minimum atomic E-state index is -3.97. The van der Waals surface area contributed by atoms with Crippen LogP contribution < -0.4 is 9.46 Å². The molecule has 1 aromatic carbocycles. The lowest BCUT2D eigenvalue weighted by Crippen LogP contribution is -2.41. The first-order chi connectivity index (χ1) is 12.9. The van der Waals surface area contributed by atoms with Crippen molar-refractivity contribution in [3.63, 3.8) is 0 Å². The standard InChI is InChI=1S/C17H22N4O5S/c1-3-12-8-9-25-16(12)17(22)20-27(23,24)14-6-4-13(5-7-14)26-10-15-18-11-19-21(15)2/h4-7,11-12,16H,3,8-10H2,1-2H3,(H,20,22)/t12-,16+/m1/s1. The second-order valence-electron chi connectivity index (χ2n) is 6.28. The minimum Gasteiger partial charge on any atom is -0.486 e. The van der Waals surface area contributed by atoms with Crippen molar-refractivity contribution in [3.05, 3.63) is 36.4 Å². The summed E-state index contributed by atoms with van der Waals surface area (Å²) in [5, 5.41) is 3.94. The van der Waals surface area contributed by atoms with Crippen molar-refractivity contribution in [2.24, 2.45) is 13.0 Å². The van der Waals surface area contributed by atoms with Crippen LogP contribution in [0.15, 0.2) is 35.5 Å². The summed E-state index contributed by atoms with van der Waals surface area (Å²) in [5.41, 5.74) is 0. The molecule has 1 amide bonds. The van der Waals surface area contributed by atoms with E-state index in [0.717, 1.165) is 12.8 Å². The lowest BCUT2D eigenvalue weighted by atomic mass is 9.98. The van der Waals surface area contributed by atoms with E-state index in [1.807, 2.05) is 6.92 Å². The maximum atomic E-state index is 12.4. The van der Waals surface area contributed by atoms with Gasteiger partial charge in [0.15, 0.2) is 5.82 Å². The zero-order valence-corrected chi connectivity index (χ0v) is 16.0. The maximum absolute atomic E-state index is 12.4. The van der Waals surface area contributed by atoms with E-state index in [2.05, 4.69) is 14.8 Å². The van der Waals surface area contributed by atoms with Crippen LogP contribution in [-0.4, -0.2) is 41.8 Å². The number of nitrogens with one attached hydrogen (secondary N) is 1. The first kappa shape index (κ1) is 19.3. The van der Waals surface area contributed by atoms with Gasteiger partial charge in [-0.3, -0.25) is 9.48 Å². The number of carbonyl (C=O) groups is 1. The Morgan fingerprint density at radius 3 is 2.74 bits per heavy atom. The molecule has 1 aromatic heterocycles. The fourth-order valence-electron chi connectivity index (χ4n) is 2.90. The molecule has 1 aliphatic heterocycles. The highest BCUT2D eigenvalue weighted by atomic mass is 32.2. The van der Waals surface area contributed by atoms with Gasteiger partial charge in [0.25, 0.3) is 15.9 Å². The highest BCUT2D eigenvalue weighted by Gasteiger charge is 2.35. The van der Waals surface area contributed by atoms with Crippen LogP contribution in [0.4, 0.5) is 0 Å². The monoisotopic (exact) mass is 394 g/mol. The van der Waals surface area contributed by atoms with Gasteiger partial charge in [-0.2, -0.15) is 5.10 Å². The van der Waals surface area contributed by atoms with Crippen LogP contribution in [0.25, 0.3) is 0 Å². The van der Waals surface area contributed by atoms with Crippen LogP contribution in [0.1, 0.15) is 25.6 Å². The Labute approximate surface area is 157 Å². The lowest BCUT2D eigenvalue weighted by Gasteiger charge is -2.16. The van der Waals surface area contributed by atoms with Gasteiger partial charge in [-0.25, -0.2) is 18.1 Å². The van der Waals surface area contributed by atoms with Gasteiger partial charge in [-0.1, -0.05) is 13.3 Å². The van der Waals surface area contributed by atoms with E-state index in [1.165, 1.54) is 30.6 Å². The van der Waals surface area contributed by atoms with E-state index in [9.17, 15) is 13.2 Å². The van der Waals surface area contributed by atoms with Gasteiger partial charge < -0.3 is 9.47 Å². The van der Waals surface area contributed by atoms with Crippen molar-refractivity contribution in [2.45, 2.75) is 37.4 Å². The number of aromatic nitrogens is 3. The number of nitrogens with zero attached hydrogens (tertiary/aromatic N) is 3. The van der Waals surface area contributed by atoms with Crippen molar-refractivity contribution < 1.29 is 22.7 Å². The van der Waals surface area contributed by atoms with Gasteiger partial charge in [0, 0.05) is 13.7 Å². The molecule has 1 saturated heterocycles. The van der Waals surface area contributed by atoms with Crippen molar-refractivity contribution in [2.75, 3.05) is 6.61 Å². The Bertz CT molecular complexity index is 894. The number of rotatable bonds is 7. The number of sulfonamides is 1. The second-order valence-corrected chi connectivity index (χ2v) is 7.96. The van der Waals surface area contributed by atoms with E-state index in [0.29, 0.717) is 18.2 Å². The molecule has 0 unspecified atom stereocenters. The van der Waals surface area contributed by atoms with Crippen molar-refractivity contribution in [1.82, 2.24) is 19.5 Å². The molecule has 9 nitrogen and oxygen atoms in total. The fraction of sp³-hybridized carbons (Fsp3) is 0.471. The molecule has 3 rings (SSSR count). The SMILES string of the molecule is CC[C@@H]1CCO[C@@H]1C(=O)NS(=O)(=O)c1ccc(OCc2ncnn2C)cc1. The summed E-state index contributed by atoms with van der Waals surface area (Å²) in [6, 6.07) is 5.81. The third kappa shape index (κ3) is 4.45. The summed E-state index contributed by atoms with van der Waals surface area (Å²) >= 11 is 0. The van der Waals surface area contributed by atoms with E-state index >= 15 is 0 Å². The average molecular weight is 394 g/mol. The van der Waals surface area contributed by atoms with Crippen LogP contribution in [0.5, 0.6) is 5.75 Å². The molecule has 0 bridgehead atoms. The Morgan fingerprint density at radius 1 is 1.37 bits per heavy atom. The molecule has 146 valence electrons. The van der Waals surface area contributed by atoms with E-state index in [-0.39, 0.29) is 17.4 Å². The zero-order chi connectivity index (χ0) is 19.4. The average Bonchev–Trinajstić information content (AvgIpc) is 3.28. The quantitative estimate of drug-likeness (QED) is 0.746. The summed E-state index contributed by atoms with van der Waals surface area (Å²) in [6.07, 6.45) is 2.22. The molecule has 2 atom stereocenters.